The van der Waals surface area contributed by atoms with E-state index in [9.17, 15) is 9.59 Å². The second kappa shape index (κ2) is 8.93. The minimum atomic E-state index is 0. The van der Waals surface area contributed by atoms with E-state index < -0.39 is 0 Å². The van der Waals surface area contributed by atoms with Gasteiger partial charge in [0.25, 0.3) is 5.91 Å². The number of rotatable bonds is 2. The van der Waals surface area contributed by atoms with Crippen molar-refractivity contribution in [3.63, 3.8) is 0 Å². The Kier molecular flexibility index (Phi) is 6.57. The Morgan fingerprint density at radius 1 is 1.00 bits per heavy atom. The van der Waals surface area contributed by atoms with E-state index in [2.05, 4.69) is 12.2 Å². The lowest BCUT2D eigenvalue weighted by Crippen LogP contribution is -2.55. The molecule has 28 heavy (non-hydrogen) atoms. The zero-order valence-corrected chi connectivity index (χ0v) is 17.1. The highest BCUT2D eigenvalue weighted by molar-refractivity contribution is 6.07. The van der Waals surface area contributed by atoms with Crippen LogP contribution < -0.4 is 5.32 Å². The topological polar surface area (TPSA) is 52.7 Å². The molecule has 0 saturated carbocycles. The van der Waals surface area contributed by atoms with Crippen LogP contribution in [0.2, 0.25) is 0 Å². The van der Waals surface area contributed by atoms with Gasteiger partial charge in [0, 0.05) is 50.2 Å². The molecule has 0 aromatic heterocycles. The summed E-state index contributed by atoms with van der Waals surface area (Å²) in [6.45, 7) is 5.93. The van der Waals surface area contributed by atoms with E-state index in [1.165, 1.54) is 0 Å². The summed E-state index contributed by atoms with van der Waals surface area (Å²) in [5, 5.41) is 5.41. The summed E-state index contributed by atoms with van der Waals surface area (Å²) in [6, 6.07) is 14.1. The molecular formula is C22H28ClN3O2. The van der Waals surface area contributed by atoms with Crippen LogP contribution in [0.5, 0.6) is 0 Å². The quantitative estimate of drug-likeness (QED) is 0.841. The van der Waals surface area contributed by atoms with Gasteiger partial charge in [0.1, 0.15) is 0 Å². The molecule has 2 heterocycles. The number of nitrogens with zero attached hydrogens (tertiary/aromatic N) is 2. The first-order chi connectivity index (χ1) is 13.1. The third kappa shape index (κ3) is 4.01. The Bertz CT molecular complexity index is 843. The van der Waals surface area contributed by atoms with E-state index in [0.717, 1.165) is 48.8 Å². The van der Waals surface area contributed by atoms with Crippen LogP contribution in [0.25, 0.3) is 10.8 Å². The van der Waals surface area contributed by atoms with Crippen LogP contribution in [0.1, 0.15) is 30.1 Å². The highest BCUT2D eigenvalue weighted by atomic mass is 35.5. The molecule has 2 aliphatic heterocycles. The van der Waals surface area contributed by atoms with E-state index in [1.807, 2.05) is 52.3 Å². The second-order valence-electron chi connectivity index (χ2n) is 7.68. The lowest BCUT2D eigenvalue weighted by molar-refractivity contribution is -0.139. The smallest absolute Gasteiger partial charge is 0.254 e. The SMILES string of the molecule is C[C@H]1CNCCN1C(=O)C1CCN(C(=O)c2cccc3ccccc23)CC1.Cl. The predicted octanol–water partition coefficient (Wildman–Crippen LogP) is 2.93. The van der Waals surface area contributed by atoms with E-state index >= 15 is 0 Å². The normalized spacial score (nSPS) is 20.7. The molecule has 2 amide bonds. The van der Waals surface area contributed by atoms with Crippen LogP contribution in [-0.4, -0.2) is 60.4 Å². The van der Waals surface area contributed by atoms with Gasteiger partial charge in [-0.15, -0.1) is 12.4 Å². The number of fused-ring (bicyclic) bond motifs is 1. The fraction of sp³-hybridized carbons (Fsp3) is 0.455. The molecule has 150 valence electrons. The highest BCUT2D eigenvalue weighted by Crippen LogP contribution is 2.25. The van der Waals surface area contributed by atoms with Gasteiger partial charge in [-0.2, -0.15) is 0 Å². The molecule has 0 radical (unpaired) electrons. The number of hydrogen-bond acceptors (Lipinski definition) is 3. The molecule has 2 aliphatic rings. The molecule has 1 N–H and O–H groups in total. The summed E-state index contributed by atoms with van der Waals surface area (Å²) < 4.78 is 0. The molecule has 0 unspecified atom stereocenters. The highest BCUT2D eigenvalue weighted by Gasteiger charge is 2.33. The molecule has 1 atom stereocenters. The minimum Gasteiger partial charge on any atom is -0.339 e. The van der Waals surface area contributed by atoms with E-state index in [1.54, 1.807) is 0 Å². The second-order valence-corrected chi connectivity index (χ2v) is 7.68. The molecule has 0 spiro atoms. The maximum atomic E-state index is 13.1. The van der Waals surface area contributed by atoms with E-state index in [-0.39, 0.29) is 36.2 Å². The summed E-state index contributed by atoms with van der Waals surface area (Å²) in [7, 11) is 0. The Labute approximate surface area is 172 Å². The van der Waals surface area contributed by atoms with Gasteiger partial charge in [-0.1, -0.05) is 36.4 Å². The van der Waals surface area contributed by atoms with Crippen LogP contribution >= 0.6 is 12.4 Å². The number of likely N-dealkylation sites (tertiary alicyclic amines) is 1. The Hall–Kier alpha value is -2.11. The first-order valence-electron chi connectivity index (χ1n) is 9.93. The van der Waals surface area contributed by atoms with Gasteiger partial charge in [-0.25, -0.2) is 0 Å². The fourth-order valence-electron chi connectivity index (χ4n) is 4.31. The molecule has 4 rings (SSSR count). The molecular weight excluding hydrogens is 374 g/mol. The number of amides is 2. The number of halogens is 1. The van der Waals surface area contributed by atoms with Crippen LogP contribution in [-0.2, 0) is 4.79 Å². The van der Waals surface area contributed by atoms with E-state index in [0.29, 0.717) is 13.1 Å². The molecule has 0 aliphatic carbocycles. The van der Waals surface area contributed by atoms with Gasteiger partial charge in [0.15, 0.2) is 0 Å². The zero-order valence-electron chi connectivity index (χ0n) is 16.3. The first kappa shape index (κ1) is 20.6. The number of benzene rings is 2. The lowest BCUT2D eigenvalue weighted by atomic mass is 9.93. The average molecular weight is 402 g/mol. The molecule has 2 aromatic carbocycles. The predicted molar refractivity (Wildman–Crippen MR) is 114 cm³/mol. The van der Waals surface area contributed by atoms with Gasteiger partial charge in [0.05, 0.1) is 0 Å². The van der Waals surface area contributed by atoms with Gasteiger partial charge in [-0.05, 0) is 36.6 Å². The van der Waals surface area contributed by atoms with Crippen LogP contribution in [0, 0.1) is 5.92 Å². The van der Waals surface area contributed by atoms with Crippen molar-refractivity contribution in [2.75, 3.05) is 32.7 Å². The number of carbonyl (C=O) groups excluding carboxylic acids is 2. The number of piperidine rings is 1. The standard InChI is InChI=1S/C22H27N3O2.ClH/c1-16-15-23-11-14-25(16)21(26)18-9-12-24(13-10-18)22(27)20-8-4-6-17-5-2-3-7-19(17)20;/h2-8,16,18,23H,9-15H2,1H3;1H/t16-;/m0./s1. The van der Waals surface area contributed by atoms with Gasteiger partial charge < -0.3 is 15.1 Å². The van der Waals surface area contributed by atoms with Crippen LogP contribution in [0.3, 0.4) is 0 Å². The number of carbonyl (C=O) groups is 2. The van der Waals surface area contributed by atoms with Gasteiger partial charge >= 0.3 is 0 Å². The molecule has 5 nitrogen and oxygen atoms in total. The van der Waals surface area contributed by atoms with Crippen molar-refractivity contribution >= 4 is 35.0 Å². The van der Waals surface area contributed by atoms with Crippen molar-refractivity contribution in [1.82, 2.24) is 15.1 Å². The van der Waals surface area contributed by atoms with Crippen molar-refractivity contribution in [2.45, 2.75) is 25.8 Å². The lowest BCUT2D eigenvalue weighted by Gasteiger charge is -2.39. The summed E-state index contributed by atoms with van der Waals surface area (Å²) in [6.07, 6.45) is 1.51. The van der Waals surface area contributed by atoms with Crippen molar-refractivity contribution in [2.24, 2.45) is 5.92 Å². The molecule has 0 bridgehead atoms. The summed E-state index contributed by atoms with van der Waals surface area (Å²) in [5.74, 6) is 0.386. The number of hydrogen-bond donors (Lipinski definition) is 1. The molecule has 2 saturated heterocycles. The Morgan fingerprint density at radius 3 is 2.46 bits per heavy atom. The van der Waals surface area contributed by atoms with Crippen LogP contribution in [0.4, 0.5) is 0 Å². The minimum absolute atomic E-state index is 0. The maximum Gasteiger partial charge on any atom is 0.254 e. The molecule has 2 aromatic rings. The largest absolute Gasteiger partial charge is 0.339 e. The third-order valence-corrected chi connectivity index (χ3v) is 5.94. The number of nitrogens with one attached hydrogen (secondary N) is 1. The average Bonchev–Trinajstić information content (AvgIpc) is 2.73. The third-order valence-electron chi connectivity index (χ3n) is 5.94. The summed E-state index contributed by atoms with van der Waals surface area (Å²) >= 11 is 0. The van der Waals surface area contributed by atoms with Crippen molar-refractivity contribution < 1.29 is 9.59 Å². The first-order valence-corrected chi connectivity index (χ1v) is 9.93. The molecule has 6 heteroatoms. The van der Waals surface area contributed by atoms with Crippen molar-refractivity contribution in [3.8, 4) is 0 Å². The number of piperazine rings is 1. The Morgan fingerprint density at radius 2 is 1.71 bits per heavy atom. The van der Waals surface area contributed by atoms with Crippen LogP contribution in [0.15, 0.2) is 42.5 Å². The summed E-state index contributed by atoms with van der Waals surface area (Å²) in [4.78, 5) is 29.9. The van der Waals surface area contributed by atoms with Gasteiger partial charge in [0.2, 0.25) is 5.91 Å². The summed E-state index contributed by atoms with van der Waals surface area (Å²) in [5.41, 5.74) is 0.758. The fourth-order valence-corrected chi connectivity index (χ4v) is 4.31. The van der Waals surface area contributed by atoms with Crippen molar-refractivity contribution in [3.05, 3.63) is 48.0 Å². The molecule has 2 fully saturated rings. The van der Waals surface area contributed by atoms with E-state index in [4.69, 9.17) is 0 Å². The Balaban J connectivity index is 0.00000225. The monoisotopic (exact) mass is 401 g/mol. The maximum absolute atomic E-state index is 13.1. The zero-order chi connectivity index (χ0) is 18.8. The van der Waals surface area contributed by atoms with Gasteiger partial charge in [-0.3, -0.25) is 9.59 Å². The van der Waals surface area contributed by atoms with Crippen molar-refractivity contribution in [1.29, 1.82) is 0 Å².